The Balaban J connectivity index is 1.28. The maximum atomic E-state index is 13.3. The number of aromatic nitrogens is 3. The summed E-state index contributed by atoms with van der Waals surface area (Å²) in [7, 11) is 1.67. The van der Waals surface area contributed by atoms with E-state index in [1.165, 1.54) is 11.1 Å². The van der Waals surface area contributed by atoms with Gasteiger partial charge < -0.3 is 26.0 Å². The predicted molar refractivity (Wildman–Crippen MR) is 182 cm³/mol. The van der Waals surface area contributed by atoms with Gasteiger partial charge in [0.1, 0.15) is 5.75 Å². The van der Waals surface area contributed by atoms with Crippen molar-refractivity contribution < 1.29 is 9.53 Å². The van der Waals surface area contributed by atoms with E-state index >= 15 is 0 Å². The average molecular weight is 604 g/mol. The van der Waals surface area contributed by atoms with E-state index in [-0.39, 0.29) is 11.9 Å². The lowest BCUT2D eigenvalue weighted by atomic mass is 9.97. The van der Waals surface area contributed by atoms with E-state index in [0.29, 0.717) is 18.0 Å². The number of benzene rings is 3. The van der Waals surface area contributed by atoms with Crippen LogP contribution in [0, 0.1) is 6.92 Å². The van der Waals surface area contributed by atoms with Gasteiger partial charge in [-0.15, -0.1) is 0 Å². The van der Waals surface area contributed by atoms with E-state index < -0.39 is 0 Å². The molecule has 4 N–H and O–H groups in total. The first-order chi connectivity index (χ1) is 21.9. The zero-order valence-corrected chi connectivity index (χ0v) is 26.4. The van der Waals surface area contributed by atoms with Crippen LogP contribution < -0.4 is 26.0 Å². The zero-order valence-electron chi connectivity index (χ0n) is 26.4. The van der Waals surface area contributed by atoms with Gasteiger partial charge in [-0.2, -0.15) is 5.10 Å². The number of pyridine rings is 1. The Morgan fingerprint density at radius 1 is 1.07 bits per heavy atom. The Bertz CT molecular complexity index is 1790. The van der Waals surface area contributed by atoms with Crippen LogP contribution in [0.25, 0.3) is 11.0 Å². The Labute approximate surface area is 264 Å². The number of carbonyl (C=O) groups is 1. The predicted octanol–water partition coefficient (Wildman–Crippen LogP) is 7.08. The van der Waals surface area contributed by atoms with Gasteiger partial charge in [-0.1, -0.05) is 38.1 Å². The van der Waals surface area contributed by atoms with Gasteiger partial charge >= 0.3 is 0 Å². The number of fused-ring (bicyclic) bond motifs is 1. The molecule has 2 aromatic heterocycles. The monoisotopic (exact) mass is 603 g/mol. The molecule has 1 aliphatic heterocycles. The lowest BCUT2D eigenvalue weighted by molar-refractivity contribution is 0.102. The van der Waals surface area contributed by atoms with E-state index in [1.54, 1.807) is 13.3 Å². The summed E-state index contributed by atoms with van der Waals surface area (Å²) in [5, 5.41) is 19.7. The third-order valence-corrected chi connectivity index (χ3v) is 8.32. The molecule has 0 unspecified atom stereocenters. The van der Waals surface area contributed by atoms with Crippen molar-refractivity contribution in [2.24, 2.45) is 0 Å². The quantitative estimate of drug-likeness (QED) is 0.135. The molecule has 3 aromatic carbocycles. The third kappa shape index (κ3) is 6.94. The zero-order chi connectivity index (χ0) is 31.3. The summed E-state index contributed by atoms with van der Waals surface area (Å²) in [4.78, 5) is 18.0. The summed E-state index contributed by atoms with van der Waals surface area (Å²) in [5.74, 6) is 1.88. The van der Waals surface area contributed by atoms with Crippen LogP contribution in [-0.2, 0) is 6.54 Å². The number of aryl methyl sites for hydroxylation is 1. The molecule has 0 spiro atoms. The second kappa shape index (κ2) is 13.4. The highest BCUT2D eigenvalue weighted by molar-refractivity contribution is 6.05. The number of amides is 1. The number of nitrogens with one attached hydrogen (secondary N) is 4. The summed E-state index contributed by atoms with van der Waals surface area (Å²) in [6.07, 6.45) is 3.98. The van der Waals surface area contributed by atoms with Crippen molar-refractivity contribution in [1.82, 2.24) is 20.1 Å². The van der Waals surface area contributed by atoms with Crippen molar-refractivity contribution >= 4 is 39.8 Å². The maximum absolute atomic E-state index is 13.3. The number of nitrogens with zero attached hydrogens (tertiary/aromatic N) is 3. The van der Waals surface area contributed by atoms with Crippen LogP contribution in [0.5, 0.6) is 5.75 Å². The van der Waals surface area contributed by atoms with Crippen LogP contribution in [0.1, 0.15) is 59.7 Å². The molecule has 1 amide bonds. The number of methoxy groups -OCH3 is 1. The molecule has 45 heavy (non-hydrogen) atoms. The third-order valence-electron chi connectivity index (χ3n) is 8.32. The molecule has 9 heteroatoms. The minimum Gasteiger partial charge on any atom is -0.497 e. The summed E-state index contributed by atoms with van der Waals surface area (Å²) in [6.45, 7) is 8.91. The van der Waals surface area contributed by atoms with Crippen LogP contribution >= 0.6 is 0 Å². The van der Waals surface area contributed by atoms with Gasteiger partial charge in [0.2, 0.25) is 0 Å². The largest absolute Gasteiger partial charge is 0.497 e. The number of hydrogen-bond acceptors (Lipinski definition) is 7. The van der Waals surface area contributed by atoms with E-state index in [9.17, 15) is 4.79 Å². The highest BCUT2D eigenvalue weighted by atomic mass is 16.5. The molecule has 0 bridgehead atoms. The molecule has 0 radical (unpaired) electrons. The molecule has 0 saturated carbocycles. The van der Waals surface area contributed by atoms with E-state index in [1.807, 2.05) is 71.4 Å². The molecule has 1 aliphatic rings. The fraction of sp³-hybridized carbons (Fsp3) is 0.306. The minimum atomic E-state index is -0.158. The molecular weight excluding hydrogens is 562 g/mol. The van der Waals surface area contributed by atoms with Gasteiger partial charge in [-0.25, -0.2) is 9.67 Å². The van der Waals surface area contributed by atoms with Crippen LogP contribution in [0.15, 0.2) is 79.0 Å². The topological polar surface area (TPSA) is 105 Å². The Hall–Kier alpha value is -4.89. The molecule has 9 nitrogen and oxygen atoms in total. The van der Waals surface area contributed by atoms with E-state index in [4.69, 9.17) is 14.8 Å². The highest BCUT2D eigenvalue weighted by Gasteiger charge is 2.21. The number of rotatable bonds is 10. The van der Waals surface area contributed by atoms with Gasteiger partial charge in [-0.3, -0.25) is 4.79 Å². The second-order valence-electron chi connectivity index (χ2n) is 12.0. The maximum Gasteiger partial charge on any atom is 0.255 e. The lowest BCUT2D eigenvalue weighted by Crippen LogP contribution is -2.38. The fourth-order valence-electron chi connectivity index (χ4n) is 5.98. The molecule has 232 valence electrons. The summed E-state index contributed by atoms with van der Waals surface area (Å²) < 4.78 is 7.28. The van der Waals surface area contributed by atoms with Gasteiger partial charge in [0, 0.05) is 35.7 Å². The number of anilines is 4. The fourth-order valence-corrected chi connectivity index (χ4v) is 5.98. The average Bonchev–Trinajstić information content (AvgIpc) is 3.39. The SMILES string of the molecule is COc1ccc(Cn2nc(N[C@@H]3CCCNC3)c3c(Nc4cccc(C(=O)Nc5ccc(C(C)C)c(C)c5)c4)ccnc32)cc1. The molecule has 0 aliphatic carbocycles. The molecule has 1 saturated heterocycles. The van der Waals surface area contributed by atoms with E-state index in [2.05, 4.69) is 48.1 Å². The first-order valence-corrected chi connectivity index (χ1v) is 15.6. The number of carbonyl (C=O) groups excluding carboxylic acids is 1. The van der Waals surface area contributed by atoms with Crippen molar-refractivity contribution in [3.05, 3.63) is 101 Å². The second-order valence-corrected chi connectivity index (χ2v) is 12.0. The molecule has 5 aromatic rings. The highest BCUT2D eigenvalue weighted by Crippen LogP contribution is 2.33. The van der Waals surface area contributed by atoms with E-state index in [0.717, 1.165) is 71.2 Å². The van der Waals surface area contributed by atoms with Crippen LogP contribution in [0.4, 0.5) is 22.9 Å². The van der Waals surface area contributed by atoms with Crippen LogP contribution in [-0.4, -0.2) is 46.9 Å². The first-order valence-electron chi connectivity index (χ1n) is 15.6. The number of hydrogen-bond donors (Lipinski definition) is 4. The summed E-state index contributed by atoms with van der Waals surface area (Å²) >= 11 is 0. The summed E-state index contributed by atoms with van der Waals surface area (Å²) in [5.41, 5.74) is 7.34. The van der Waals surface area contributed by atoms with Crippen molar-refractivity contribution in [3.8, 4) is 5.75 Å². The van der Waals surface area contributed by atoms with Crippen LogP contribution in [0.2, 0.25) is 0 Å². The van der Waals surface area contributed by atoms with Crippen molar-refractivity contribution in [2.45, 2.75) is 52.1 Å². The first kappa shape index (κ1) is 30.1. The van der Waals surface area contributed by atoms with Gasteiger partial charge in [0.25, 0.3) is 5.91 Å². The number of ether oxygens (including phenoxy) is 1. The molecule has 1 atom stereocenters. The van der Waals surface area contributed by atoms with Crippen molar-refractivity contribution in [1.29, 1.82) is 0 Å². The normalized spacial score (nSPS) is 14.8. The Morgan fingerprint density at radius 2 is 1.91 bits per heavy atom. The van der Waals surface area contributed by atoms with Crippen molar-refractivity contribution in [2.75, 3.05) is 36.1 Å². The lowest BCUT2D eigenvalue weighted by Gasteiger charge is -2.24. The van der Waals surface area contributed by atoms with Gasteiger partial charge in [0.05, 0.1) is 24.7 Å². The van der Waals surface area contributed by atoms with Gasteiger partial charge in [-0.05, 0) is 97.4 Å². The van der Waals surface area contributed by atoms with Crippen molar-refractivity contribution in [3.63, 3.8) is 0 Å². The van der Waals surface area contributed by atoms with Crippen LogP contribution in [0.3, 0.4) is 0 Å². The molecule has 3 heterocycles. The Morgan fingerprint density at radius 3 is 2.64 bits per heavy atom. The standard InChI is InChI=1S/C36H41N7O2/c1-23(2)31-15-12-28(19-24(31)3)41-36(44)26-7-5-8-27(20-26)39-32-16-18-38-35-33(32)34(40-29-9-6-17-37-21-29)42-43(35)22-25-10-13-30(45-4)14-11-25/h5,7-8,10-16,18-20,23,29,37H,6,9,17,21-22H2,1-4H3,(H,38,39)(H,40,42)(H,41,44)/t29-/m1/s1. The number of piperidine rings is 1. The smallest absolute Gasteiger partial charge is 0.255 e. The Kier molecular flexibility index (Phi) is 8.98. The molecule has 1 fully saturated rings. The molecule has 6 rings (SSSR count). The summed E-state index contributed by atoms with van der Waals surface area (Å²) in [6, 6.07) is 23.9. The molecular formula is C36H41N7O2. The minimum absolute atomic E-state index is 0.158. The van der Waals surface area contributed by atoms with Gasteiger partial charge in [0.15, 0.2) is 11.5 Å².